The van der Waals surface area contributed by atoms with Crippen LogP contribution < -0.4 is 0 Å². The number of carbonyl (C=O) groups is 1. The van der Waals surface area contributed by atoms with Crippen molar-refractivity contribution in [2.75, 3.05) is 5.75 Å². The van der Waals surface area contributed by atoms with Crippen molar-refractivity contribution in [2.24, 2.45) is 0 Å². The Balaban J connectivity index is 1.77. The predicted octanol–water partition coefficient (Wildman–Crippen LogP) is 3.56. The molecule has 24 heavy (non-hydrogen) atoms. The van der Waals surface area contributed by atoms with Gasteiger partial charge >= 0.3 is 0 Å². The number of aromatic nitrogens is 4. The summed E-state index contributed by atoms with van der Waals surface area (Å²) < 4.78 is 1.66. The molecule has 0 fully saturated rings. The number of hydrogen-bond donors (Lipinski definition) is 0. The Kier molecular flexibility index (Phi) is 4.76. The highest BCUT2D eigenvalue weighted by Gasteiger charge is 2.14. The van der Waals surface area contributed by atoms with Gasteiger partial charge in [-0.3, -0.25) is 4.79 Å². The molecule has 0 spiro atoms. The van der Waals surface area contributed by atoms with Crippen LogP contribution >= 0.6 is 11.8 Å². The summed E-state index contributed by atoms with van der Waals surface area (Å²) in [5.74, 6) is 0.385. The molecule has 0 saturated carbocycles. The van der Waals surface area contributed by atoms with Gasteiger partial charge in [-0.2, -0.15) is 4.68 Å². The number of hydrogen-bond acceptors (Lipinski definition) is 5. The second-order valence-electron chi connectivity index (χ2n) is 5.74. The molecule has 0 N–H and O–H groups in total. The van der Waals surface area contributed by atoms with Crippen molar-refractivity contribution in [3.05, 3.63) is 64.7 Å². The molecule has 1 aromatic heterocycles. The van der Waals surface area contributed by atoms with Gasteiger partial charge in [-0.05, 0) is 60.5 Å². The van der Waals surface area contributed by atoms with Crippen molar-refractivity contribution in [1.29, 1.82) is 0 Å². The number of carbonyl (C=O) groups excluding carboxylic acids is 1. The van der Waals surface area contributed by atoms with E-state index in [9.17, 15) is 4.79 Å². The maximum absolute atomic E-state index is 12.5. The third kappa shape index (κ3) is 3.54. The molecule has 0 saturated heterocycles. The van der Waals surface area contributed by atoms with Crippen LogP contribution in [0, 0.1) is 20.8 Å². The first kappa shape index (κ1) is 16.4. The van der Waals surface area contributed by atoms with E-state index in [1.807, 2.05) is 63.2 Å². The first-order valence-corrected chi connectivity index (χ1v) is 8.62. The van der Waals surface area contributed by atoms with Crippen LogP contribution in [0.4, 0.5) is 0 Å². The predicted molar refractivity (Wildman–Crippen MR) is 94.9 cm³/mol. The molecule has 0 bridgehead atoms. The number of benzene rings is 2. The SMILES string of the molecule is Cc1cccc(-n2nnnc2SCC(=O)c2cc(C)ccc2C)c1. The van der Waals surface area contributed by atoms with E-state index in [1.54, 1.807) is 4.68 Å². The average Bonchev–Trinajstić information content (AvgIpc) is 3.03. The quantitative estimate of drug-likeness (QED) is 0.526. The van der Waals surface area contributed by atoms with E-state index in [1.165, 1.54) is 11.8 Å². The zero-order chi connectivity index (χ0) is 17.1. The van der Waals surface area contributed by atoms with Gasteiger partial charge in [0.2, 0.25) is 5.16 Å². The standard InChI is InChI=1S/C18H18N4OS/c1-12-5-4-6-15(9-12)22-18(19-20-21-22)24-11-17(23)16-10-13(2)7-8-14(16)3/h4-10H,11H2,1-3H3. The smallest absolute Gasteiger partial charge is 0.214 e. The Morgan fingerprint density at radius 1 is 1.08 bits per heavy atom. The highest BCUT2D eigenvalue weighted by Crippen LogP contribution is 2.21. The van der Waals surface area contributed by atoms with E-state index in [0.29, 0.717) is 10.9 Å². The number of tetrazole rings is 1. The molecular weight excluding hydrogens is 320 g/mol. The molecule has 5 nitrogen and oxygen atoms in total. The molecule has 1 heterocycles. The fourth-order valence-electron chi connectivity index (χ4n) is 2.43. The lowest BCUT2D eigenvalue weighted by molar-refractivity contribution is 0.102. The van der Waals surface area contributed by atoms with Crippen LogP contribution in [-0.4, -0.2) is 31.7 Å². The normalized spacial score (nSPS) is 10.8. The summed E-state index contributed by atoms with van der Waals surface area (Å²) in [4.78, 5) is 12.5. The van der Waals surface area contributed by atoms with Gasteiger partial charge in [0.15, 0.2) is 5.78 Å². The lowest BCUT2D eigenvalue weighted by atomic mass is 10.0. The van der Waals surface area contributed by atoms with E-state index < -0.39 is 0 Å². The Morgan fingerprint density at radius 3 is 2.67 bits per heavy atom. The van der Waals surface area contributed by atoms with Crippen molar-refractivity contribution in [1.82, 2.24) is 20.2 Å². The van der Waals surface area contributed by atoms with Gasteiger partial charge in [-0.25, -0.2) is 0 Å². The van der Waals surface area contributed by atoms with Crippen LogP contribution in [0.25, 0.3) is 5.69 Å². The van der Waals surface area contributed by atoms with Gasteiger partial charge in [0.05, 0.1) is 11.4 Å². The number of aryl methyl sites for hydroxylation is 3. The van der Waals surface area contributed by atoms with Gasteiger partial charge in [-0.15, -0.1) is 5.10 Å². The summed E-state index contributed by atoms with van der Waals surface area (Å²) in [6.07, 6.45) is 0. The van der Waals surface area contributed by atoms with Gasteiger partial charge in [0.25, 0.3) is 0 Å². The molecule has 0 aliphatic heterocycles. The van der Waals surface area contributed by atoms with Crippen LogP contribution in [0.1, 0.15) is 27.0 Å². The molecule has 3 aromatic rings. The second kappa shape index (κ2) is 6.97. The number of Topliss-reactive ketones (excluding diaryl/α,β-unsaturated/α-hetero) is 1. The molecule has 0 aliphatic rings. The van der Waals surface area contributed by atoms with Gasteiger partial charge in [0.1, 0.15) is 0 Å². The minimum absolute atomic E-state index is 0.0833. The van der Waals surface area contributed by atoms with Crippen molar-refractivity contribution >= 4 is 17.5 Å². The molecule has 0 unspecified atom stereocenters. The molecule has 0 amide bonds. The van der Waals surface area contributed by atoms with E-state index >= 15 is 0 Å². The Bertz CT molecular complexity index is 888. The molecule has 122 valence electrons. The Labute approximate surface area is 145 Å². The maximum atomic E-state index is 12.5. The molecule has 3 rings (SSSR count). The zero-order valence-electron chi connectivity index (χ0n) is 13.9. The molecule has 6 heteroatoms. The Morgan fingerprint density at radius 2 is 1.88 bits per heavy atom. The highest BCUT2D eigenvalue weighted by molar-refractivity contribution is 7.99. The Hall–Kier alpha value is -2.47. The summed E-state index contributed by atoms with van der Waals surface area (Å²) in [6.45, 7) is 5.96. The lowest BCUT2D eigenvalue weighted by Crippen LogP contribution is -2.07. The number of rotatable bonds is 5. The van der Waals surface area contributed by atoms with E-state index in [2.05, 4.69) is 15.5 Å². The van der Waals surface area contributed by atoms with Crippen molar-refractivity contribution < 1.29 is 4.79 Å². The molecule has 2 aromatic carbocycles. The van der Waals surface area contributed by atoms with E-state index in [0.717, 1.165) is 27.9 Å². The van der Waals surface area contributed by atoms with Gasteiger partial charge in [-0.1, -0.05) is 41.6 Å². The maximum Gasteiger partial charge on any atom is 0.214 e. The zero-order valence-corrected chi connectivity index (χ0v) is 14.7. The summed E-state index contributed by atoms with van der Waals surface area (Å²) in [6, 6.07) is 13.9. The first-order valence-electron chi connectivity index (χ1n) is 7.63. The number of ketones is 1. The van der Waals surface area contributed by atoms with Crippen LogP contribution in [0.5, 0.6) is 0 Å². The van der Waals surface area contributed by atoms with E-state index in [4.69, 9.17) is 0 Å². The number of nitrogens with zero attached hydrogens (tertiary/aromatic N) is 4. The average molecular weight is 338 g/mol. The minimum atomic E-state index is 0.0833. The molecular formula is C18H18N4OS. The summed E-state index contributed by atoms with van der Waals surface area (Å²) in [5.41, 5.74) is 4.85. The minimum Gasteiger partial charge on any atom is -0.293 e. The van der Waals surface area contributed by atoms with Crippen molar-refractivity contribution in [3.63, 3.8) is 0 Å². The topological polar surface area (TPSA) is 60.7 Å². The monoisotopic (exact) mass is 338 g/mol. The fourth-order valence-corrected chi connectivity index (χ4v) is 3.21. The fraction of sp³-hybridized carbons (Fsp3) is 0.222. The molecule has 0 atom stereocenters. The molecule has 0 aliphatic carbocycles. The van der Waals surface area contributed by atoms with Crippen molar-refractivity contribution in [3.8, 4) is 5.69 Å². The van der Waals surface area contributed by atoms with Crippen molar-refractivity contribution in [2.45, 2.75) is 25.9 Å². The third-order valence-corrected chi connectivity index (χ3v) is 4.63. The van der Waals surface area contributed by atoms with Crippen LogP contribution in [0.3, 0.4) is 0 Å². The van der Waals surface area contributed by atoms with Crippen LogP contribution in [0.2, 0.25) is 0 Å². The van der Waals surface area contributed by atoms with Gasteiger partial charge < -0.3 is 0 Å². The van der Waals surface area contributed by atoms with Gasteiger partial charge in [0, 0.05) is 5.56 Å². The second-order valence-corrected chi connectivity index (χ2v) is 6.68. The first-order chi connectivity index (χ1) is 11.5. The highest BCUT2D eigenvalue weighted by atomic mass is 32.2. The summed E-state index contributed by atoms with van der Waals surface area (Å²) in [5, 5.41) is 12.4. The number of thioether (sulfide) groups is 1. The summed E-state index contributed by atoms with van der Waals surface area (Å²) >= 11 is 1.35. The lowest BCUT2D eigenvalue weighted by Gasteiger charge is -2.07. The van der Waals surface area contributed by atoms with Crippen LogP contribution in [0.15, 0.2) is 47.6 Å². The largest absolute Gasteiger partial charge is 0.293 e. The van der Waals surface area contributed by atoms with Crippen LogP contribution in [-0.2, 0) is 0 Å². The summed E-state index contributed by atoms with van der Waals surface area (Å²) in [7, 11) is 0. The third-order valence-electron chi connectivity index (χ3n) is 3.71. The molecule has 0 radical (unpaired) electrons. The van der Waals surface area contributed by atoms with E-state index in [-0.39, 0.29) is 5.78 Å².